The van der Waals surface area contributed by atoms with Crippen LogP contribution >= 0.6 is 11.8 Å². The first kappa shape index (κ1) is 15.7. The van der Waals surface area contributed by atoms with Crippen LogP contribution in [0.3, 0.4) is 0 Å². The molecule has 1 atom stereocenters. The summed E-state index contributed by atoms with van der Waals surface area (Å²) in [5.74, 6) is 1.51. The minimum atomic E-state index is -0.582. The standard InChI is InChI=1S/C11H23NO3S/c1-5-12-11(2,10(13)15-4)9-16-8-6-7-14-3/h12H,5-9H2,1-4H3. The van der Waals surface area contributed by atoms with Crippen LogP contribution < -0.4 is 5.32 Å². The molecule has 4 nitrogen and oxygen atoms in total. The Bertz CT molecular complexity index is 202. The normalized spacial score (nSPS) is 14.5. The first-order valence-corrected chi connectivity index (χ1v) is 6.66. The number of esters is 1. The predicted molar refractivity (Wildman–Crippen MR) is 67.9 cm³/mol. The Morgan fingerprint density at radius 2 is 2.12 bits per heavy atom. The van der Waals surface area contributed by atoms with E-state index in [0.717, 1.165) is 31.1 Å². The zero-order chi connectivity index (χ0) is 12.4. The van der Waals surface area contributed by atoms with Crippen molar-refractivity contribution in [3.05, 3.63) is 0 Å². The molecule has 5 heteroatoms. The first-order chi connectivity index (χ1) is 7.60. The lowest BCUT2D eigenvalue weighted by atomic mass is 10.1. The molecule has 0 heterocycles. The Balaban J connectivity index is 3.97. The molecule has 0 aliphatic carbocycles. The van der Waals surface area contributed by atoms with Gasteiger partial charge >= 0.3 is 5.97 Å². The topological polar surface area (TPSA) is 47.6 Å². The van der Waals surface area contributed by atoms with E-state index < -0.39 is 5.54 Å². The molecule has 16 heavy (non-hydrogen) atoms. The maximum atomic E-state index is 11.6. The summed E-state index contributed by atoms with van der Waals surface area (Å²) in [5, 5.41) is 3.17. The highest BCUT2D eigenvalue weighted by molar-refractivity contribution is 7.99. The van der Waals surface area contributed by atoms with Gasteiger partial charge in [-0.2, -0.15) is 11.8 Å². The molecule has 96 valence electrons. The Morgan fingerprint density at radius 3 is 2.62 bits per heavy atom. The number of ether oxygens (including phenoxy) is 2. The zero-order valence-electron chi connectivity index (χ0n) is 10.7. The van der Waals surface area contributed by atoms with E-state index >= 15 is 0 Å². The van der Waals surface area contributed by atoms with Crippen LogP contribution in [-0.2, 0) is 14.3 Å². The fourth-order valence-corrected chi connectivity index (χ4v) is 2.47. The van der Waals surface area contributed by atoms with Crippen LogP contribution in [0.2, 0.25) is 0 Å². The van der Waals surface area contributed by atoms with Gasteiger partial charge in [-0.15, -0.1) is 0 Å². The van der Waals surface area contributed by atoms with Crippen molar-refractivity contribution >= 4 is 17.7 Å². The van der Waals surface area contributed by atoms with Crippen LogP contribution in [0.4, 0.5) is 0 Å². The highest BCUT2D eigenvalue weighted by atomic mass is 32.2. The van der Waals surface area contributed by atoms with Crippen LogP contribution in [-0.4, -0.2) is 50.4 Å². The quantitative estimate of drug-likeness (QED) is 0.493. The van der Waals surface area contributed by atoms with E-state index in [0.29, 0.717) is 0 Å². The third-order valence-corrected chi connectivity index (χ3v) is 3.59. The predicted octanol–water partition coefficient (Wildman–Crippen LogP) is 1.30. The van der Waals surface area contributed by atoms with Gasteiger partial charge in [0, 0.05) is 19.5 Å². The molecule has 0 amide bonds. The van der Waals surface area contributed by atoms with Gasteiger partial charge in [-0.25, -0.2) is 0 Å². The molecule has 0 fully saturated rings. The molecule has 0 saturated heterocycles. The van der Waals surface area contributed by atoms with Gasteiger partial charge in [-0.05, 0) is 25.6 Å². The summed E-state index contributed by atoms with van der Waals surface area (Å²) in [6.07, 6.45) is 1.00. The minimum absolute atomic E-state index is 0.200. The third-order valence-electron chi connectivity index (χ3n) is 2.23. The minimum Gasteiger partial charge on any atom is -0.468 e. The van der Waals surface area contributed by atoms with Crippen LogP contribution in [0.25, 0.3) is 0 Å². The second-order valence-corrected chi connectivity index (χ2v) is 4.86. The van der Waals surface area contributed by atoms with Gasteiger partial charge < -0.3 is 14.8 Å². The average Bonchev–Trinajstić information content (AvgIpc) is 2.28. The molecule has 0 radical (unpaired) electrons. The summed E-state index contributed by atoms with van der Waals surface area (Å²) in [4.78, 5) is 11.6. The van der Waals surface area contributed by atoms with Crippen molar-refractivity contribution in [2.45, 2.75) is 25.8 Å². The Morgan fingerprint density at radius 1 is 1.44 bits per heavy atom. The van der Waals surface area contributed by atoms with Gasteiger partial charge in [0.15, 0.2) is 0 Å². The summed E-state index contributed by atoms with van der Waals surface area (Å²) in [7, 11) is 3.12. The molecule has 0 bridgehead atoms. The lowest BCUT2D eigenvalue weighted by Crippen LogP contribution is -2.52. The van der Waals surface area contributed by atoms with Gasteiger partial charge in [-0.3, -0.25) is 4.79 Å². The SMILES string of the molecule is CCNC(C)(CSCCCOC)C(=O)OC. The molecule has 0 aliphatic heterocycles. The van der Waals surface area contributed by atoms with Gasteiger partial charge in [0.2, 0.25) is 0 Å². The maximum absolute atomic E-state index is 11.6. The third kappa shape index (κ3) is 5.72. The molecule has 0 saturated carbocycles. The molecule has 1 unspecified atom stereocenters. The van der Waals surface area contributed by atoms with Gasteiger partial charge in [0.25, 0.3) is 0 Å². The second-order valence-electron chi connectivity index (χ2n) is 3.75. The Labute approximate surface area is 102 Å². The fourth-order valence-electron chi connectivity index (χ4n) is 1.38. The summed E-state index contributed by atoms with van der Waals surface area (Å²) in [6.45, 7) is 5.38. The number of thioether (sulfide) groups is 1. The number of methoxy groups -OCH3 is 2. The summed E-state index contributed by atoms with van der Waals surface area (Å²) in [5.41, 5.74) is -0.582. The van der Waals surface area contributed by atoms with E-state index in [1.807, 2.05) is 13.8 Å². The monoisotopic (exact) mass is 249 g/mol. The summed E-state index contributed by atoms with van der Waals surface area (Å²) in [6, 6.07) is 0. The number of hydrogen-bond donors (Lipinski definition) is 1. The zero-order valence-corrected chi connectivity index (χ0v) is 11.5. The van der Waals surface area contributed by atoms with Gasteiger partial charge in [-0.1, -0.05) is 6.92 Å². The highest BCUT2D eigenvalue weighted by Crippen LogP contribution is 2.15. The highest BCUT2D eigenvalue weighted by Gasteiger charge is 2.32. The smallest absolute Gasteiger partial charge is 0.326 e. The molecule has 0 spiro atoms. The van der Waals surface area contributed by atoms with E-state index in [1.54, 1.807) is 18.9 Å². The van der Waals surface area contributed by atoms with Gasteiger partial charge in [0.05, 0.1) is 7.11 Å². The van der Waals surface area contributed by atoms with Crippen molar-refractivity contribution in [2.24, 2.45) is 0 Å². The number of carbonyl (C=O) groups is 1. The van der Waals surface area contributed by atoms with Crippen molar-refractivity contribution in [3.63, 3.8) is 0 Å². The van der Waals surface area contributed by atoms with E-state index in [2.05, 4.69) is 5.32 Å². The molecule has 0 aliphatic rings. The van der Waals surface area contributed by atoms with Crippen molar-refractivity contribution < 1.29 is 14.3 Å². The molecule has 0 rings (SSSR count). The van der Waals surface area contributed by atoms with Crippen LogP contribution in [0, 0.1) is 0 Å². The summed E-state index contributed by atoms with van der Waals surface area (Å²) >= 11 is 1.74. The largest absolute Gasteiger partial charge is 0.468 e. The Kier molecular flexibility index (Phi) is 8.70. The van der Waals surface area contributed by atoms with Crippen molar-refractivity contribution in [3.8, 4) is 0 Å². The van der Waals surface area contributed by atoms with E-state index in [4.69, 9.17) is 9.47 Å². The first-order valence-electron chi connectivity index (χ1n) is 5.50. The van der Waals surface area contributed by atoms with Crippen LogP contribution in [0.15, 0.2) is 0 Å². The van der Waals surface area contributed by atoms with Gasteiger partial charge in [0.1, 0.15) is 5.54 Å². The van der Waals surface area contributed by atoms with E-state index in [-0.39, 0.29) is 5.97 Å². The van der Waals surface area contributed by atoms with Crippen LogP contribution in [0.5, 0.6) is 0 Å². The summed E-state index contributed by atoms with van der Waals surface area (Å²) < 4.78 is 9.78. The van der Waals surface area contributed by atoms with Crippen molar-refractivity contribution in [2.75, 3.05) is 38.9 Å². The molecule has 1 N–H and O–H groups in total. The average molecular weight is 249 g/mol. The molecule has 0 aromatic heterocycles. The second kappa shape index (κ2) is 8.84. The number of carbonyl (C=O) groups excluding carboxylic acids is 1. The number of likely N-dealkylation sites (N-methyl/N-ethyl adjacent to an activating group) is 1. The molecule has 0 aromatic carbocycles. The lowest BCUT2D eigenvalue weighted by molar-refractivity contribution is -0.146. The number of hydrogen-bond acceptors (Lipinski definition) is 5. The van der Waals surface area contributed by atoms with Crippen LogP contribution in [0.1, 0.15) is 20.3 Å². The number of nitrogens with one attached hydrogen (secondary N) is 1. The van der Waals surface area contributed by atoms with Crippen molar-refractivity contribution in [1.29, 1.82) is 0 Å². The van der Waals surface area contributed by atoms with Crippen molar-refractivity contribution in [1.82, 2.24) is 5.32 Å². The lowest BCUT2D eigenvalue weighted by Gasteiger charge is -2.27. The maximum Gasteiger partial charge on any atom is 0.326 e. The molecular weight excluding hydrogens is 226 g/mol. The fraction of sp³-hybridized carbons (Fsp3) is 0.909. The van der Waals surface area contributed by atoms with E-state index in [1.165, 1.54) is 7.11 Å². The molecule has 0 aromatic rings. The number of rotatable bonds is 9. The van der Waals surface area contributed by atoms with E-state index in [9.17, 15) is 4.79 Å². The molecular formula is C11H23NO3S. The Hall–Kier alpha value is -0.260.